The molecule has 1 fully saturated rings. The van der Waals surface area contributed by atoms with Crippen LogP contribution in [0.4, 0.5) is 0 Å². The molecular weight excluding hydrogens is 242 g/mol. The molecule has 110 valence electrons. The highest BCUT2D eigenvalue weighted by atomic mass is 16.2. The monoisotopic (exact) mass is 269 g/mol. The maximum Gasteiger partial charge on any atom is 0.240 e. The van der Waals surface area contributed by atoms with Gasteiger partial charge < -0.3 is 16.8 Å². The third-order valence-electron chi connectivity index (χ3n) is 4.00. The Labute approximate surface area is 115 Å². The van der Waals surface area contributed by atoms with Crippen molar-refractivity contribution >= 4 is 11.8 Å². The molecule has 0 spiro atoms. The van der Waals surface area contributed by atoms with Gasteiger partial charge in [0.1, 0.15) is 6.04 Å². The normalized spacial score (nSPS) is 25.1. The third-order valence-corrected chi connectivity index (χ3v) is 4.00. The van der Waals surface area contributed by atoms with Crippen LogP contribution in [-0.2, 0) is 9.59 Å². The first-order valence-electron chi connectivity index (χ1n) is 7.25. The summed E-state index contributed by atoms with van der Waals surface area (Å²) < 4.78 is 0. The molecule has 0 bridgehead atoms. The highest BCUT2D eigenvalue weighted by Crippen LogP contribution is 2.31. The smallest absolute Gasteiger partial charge is 0.240 e. The molecule has 2 amide bonds. The van der Waals surface area contributed by atoms with Crippen molar-refractivity contribution in [2.75, 3.05) is 6.54 Å². The zero-order valence-electron chi connectivity index (χ0n) is 12.0. The molecule has 0 heterocycles. The SMILES string of the molecule is CC(C)C(NC(=O)C1CCCC(CCN)C1)C(N)=O. The first-order chi connectivity index (χ1) is 8.95. The fraction of sp³-hybridized carbons (Fsp3) is 0.857. The van der Waals surface area contributed by atoms with E-state index in [2.05, 4.69) is 5.32 Å². The minimum Gasteiger partial charge on any atom is -0.368 e. The molecule has 5 heteroatoms. The number of carbonyl (C=O) groups is 2. The van der Waals surface area contributed by atoms with E-state index in [1.54, 1.807) is 0 Å². The van der Waals surface area contributed by atoms with Crippen LogP contribution in [0.3, 0.4) is 0 Å². The summed E-state index contributed by atoms with van der Waals surface area (Å²) in [5, 5.41) is 2.80. The summed E-state index contributed by atoms with van der Waals surface area (Å²) in [6, 6.07) is -0.567. The number of carbonyl (C=O) groups excluding carboxylic acids is 2. The van der Waals surface area contributed by atoms with Gasteiger partial charge in [-0.05, 0) is 37.6 Å². The van der Waals surface area contributed by atoms with Crippen LogP contribution in [0.1, 0.15) is 46.0 Å². The third kappa shape index (κ3) is 4.82. The van der Waals surface area contributed by atoms with Gasteiger partial charge in [0.2, 0.25) is 11.8 Å². The van der Waals surface area contributed by atoms with E-state index in [1.807, 2.05) is 13.8 Å². The average molecular weight is 269 g/mol. The molecule has 0 radical (unpaired) electrons. The lowest BCUT2D eigenvalue weighted by atomic mass is 9.79. The average Bonchev–Trinajstić information content (AvgIpc) is 2.35. The van der Waals surface area contributed by atoms with Crippen LogP contribution in [0.15, 0.2) is 0 Å². The largest absolute Gasteiger partial charge is 0.368 e. The highest BCUT2D eigenvalue weighted by molar-refractivity contribution is 5.87. The number of hydrogen-bond donors (Lipinski definition) is 3. The molecule has 0 aliphatic heterocycles. The molecule has 5 N–H and O–H groups in total. The van der Waals surface area contributed by atoms with Crippen molar-refractivity contribution < 1.29 is 9.59 Å². The minimum absolute atomic E-state index is 0.00546. The Morgan fingerprint density at radius 1 is 1.32 bits per heavy atom. The minimum atomic E-state index is -0.567. The lowest BCUT2D eigenvalue weighted by Crippen LogP contribution is -2.50. The van der Waals surface area contributed by atoms with Crippen LogP contribution in [-0.4, -0.2) is 24.4 Å². The molecular formula is C14H27N3O2. The van der Waals surface area contributed by atoms with Crippen molar-refractivity contribution in [3.05, 3.63) is 0 Å². The van der Waals surface area contributed by atoms with Crippen molar-refractivity contribution in [3.8, 4) is 0 Å². The Bertz CT molecular complexity index is 316. The van der Waals surface area contributed by atoms with E-state index in [4.69, 9.17) is 11.5 Å². The lowest BCUT2D eigenvalue weighted by molar-refractivity contribution is -0.131. The Morgan fingerprint density at radius 3 is 2.53 bits per heavy atom. The van der Waals surface area contributed by atoms with Gasteiger partial charge in [-0.15, -0.1) is 0 Å². The summed E-state index contributed by atoms with van der Waals surface area (Å²) in [5.41, 5.74) is 10.9. The molecule has 1 saturated carbocycles. The van der Waals surface area contributed by atoms with Crippen LogP contribution < -0.4 is 16.8 Å². The first-order valence-corrected chi connectivity index (χ1v) is 7.25. The lowest BCUT2D eigenvalue weighted by Gasteiger charge is -2.29. The zero-order valence-corrected chi connectivity index (χ0v) is 12.0. The number of rotatable bonds is 6. The summed E-state index contributed by atoms with van der Waals surface area (Å²) in [6.07, 6.45) is 4.98. The van der Waals surface area contributed by atoms with Crippen LogP contribution in [0, 0.1) is 17.8 Å². The number of primary amides is 1. The fourth-order valence-corrected chi connectivity index (χ4v) is 2.86. The van der Waals surface area contributed by atoms with Crippen molar-refractivity contribution in [2.24, 2.45) is 29.2 Å². The number of nitrogens with one attached hydrogen (secondary N) is 1. The van der Waals surface area contributed by atoms with E-state index >= 15 is 0 Å². The van der Waals surface area contributed by atoms with Gasteiger partial charge in [0.15, 0.2) is 0 Å². The predicted molar refractivity (Wildman–Crippen MR) is 75.1 cm³/mol. The fourth-order valence-electron chi connectivity index (χ4n) is 2.86. The second kappa shape index (κ2) is 7.48. The summed E-state index contributed by atoms with van der Waals surface area (Å²) in [6.45, 7) is 4.44. The second-order valence-electron chi connectivity index (χ2n) is 5.94. The molecule has 1 aliphatic rings. The molecule has 0 aromatic carbocycles. The summed E-state index contributed by atoms with van der Waals surface area (Å²) in [4.78, 5) is 23.5. The molecule has 5 nitrogen and oxygen atoms in total. The number of nitrogens with two attached hydrogens (primary N) is 2. The second-order valence-corrected chi connectivity index (χ2v) is 5.94. The van der Waals surface area contributed by atoms with E-state index in [0.29, 0.717) is 12.5 Å². The molecule has 0 aromatic heterocycles. The quantitative estimate of drug-likeness (QED) is 0.664. The highest BCUT2D eigenvalue weighted by Gasteiger charge is 2.30. The van der Waals surface area contributed by atoms with Crippen molar-refractivity contribution in [2.45, 2.75) is 52.0 Å². The Balaban J connectivity index is 2.54. The maximum atomic E-state index is 12.2. The van der Waals surface area contributed by atoms with Crippen LogP contribution in [0.5, 0.6) is 0 Å². The maximum absolute atomic E-state index is 12.2. The van der Waals surface area contributed by atoms with Gasteiger partial charge in [0.25, 0.3) is 0 Å². The van der Waals surface area contributed by atoms with Gasteiger partial charge in [0, 0.05) is 5.92 Å². The zero-order chi connectivity index (χ0) is 14.4. The van der Waals surface area contributed by atoms with E-state index in [-0.39, 0.29) is 17.7 Å². The molecule has 3 unspecified atom stereocenters. The van der Waals surface area contributed by atoms with Gasteiger partial charge in [-0.25, -0.2) is 0 Å². The van der Waals surface area contributed by atoms with Gasteiger partial charge in [-0.3, -0.25) is 9.59 Å². The molecule has 3 atom stereocenters. The molecule has 19 heavy (non-hydrogen) atoms. The summed E-state index contributed by atoms with van der Waals surface area (Å²) in [7, 11) is 0. The number of hydrogen-bond acceptors (Lipinski definition) is 3. The molecule has 0 saturated heterocycles. The van der Waals surface area contributed by atoms with Crippen LogP contribution in [0.25, 0.3) is 0 Å². The molecule has 1 rings (SSSR count). The first kappa shape index (κ1) is 16.0. The van der Waals surface area contributed by atoms with Crippen molar-refractivity contribution in [3.63, 3.8) is 0 Å². The van der Waals surface area contributed by atoms with Gasteiger partial charge >= 0.3 is 0 Å². The van der Waals surface area contributed by atoms with Crippen LogP contribution >= 0.6 is 0 Å². The van der Waals surface area contributed by atoms with Crippen LogP contribution in [0.2, 0.25) is 0 Å². The van der Waals surface area contributed by atoms with E-state index in [0.717, 1.165) is 32.1 Å². The Morgan fingerprint density at radius 2 is 2.00 bits per heavy atom. The van der Waals surface area contributed by atoms with Gasteiger partial charge in [0.05, 0.1) is 0 Å². The molecule has 1 aliphatic carbocycles. The van der Waals surface area contributed by atoms with E-state index in [1.165, 1.54) is 0 Å². The van der Waals surface area contributed by atoms with Gasteiger partial charge in [-0.2, -0.15) is 0 Å². The molecule has 0 aromatic rings. The van der Waals surface area contributed by atoms with E-state index in [9.17, 15) is 9.59 Å². The summed E-state index contributed by atoms with van der Waals surface area (Å²) >= 11 is 0. The Hall–Kier alpha value is -1.10. The predicted octanol–water partition coefficient (Wildman–Crippen LogP) is 0.768. The Kier molecular flexibility index (Phi) is 6.28. The standard InChI is InChI=1S/C14H27N3O2/c1-9(2)12(13(16)18)17-14(19)11-5-3-4-10(8-11)6-7-15/h9-12H,3-8,15H2,1-2H3,(H2,16,18)(H,17,19). The topological polar surface area (TPSA) is 98.2 Å². The van der Waals surface area contributed by atoms with Gasteiger partial charge in [-0.1, -0.05) is 26.7 Å². The number of amides is 2. The van der Waals surface area contributed by atoms with E-state index < -0.39 is 11.9 Å². The summed E-state index contributed by atoms with van der Waals surface area (Å²) in [5.74, 6) is 0.0771. The van der Waals surface area contributed by atoms with Crippen molar-refractivity contribution in [1.29, 1.82) is 0 Å². The van der Waals surface area contributed by atoms with Crippen molar-refractivity contribution in [1.82, 2.24) is 5.32 Å².